The van der Waals surface area contributed by atoms with Crippen LogP contribution in [0.5, 0.6) is 0 Å². The van der Waals surface area contributed by atoms with Crippen molar-refractivity contribution in [1.82, 2.24) is 9.55 Å². The van der Waals surface area contributed by atoms with Crippen LogP contribution in [0.2, 0.25) is 0 Å². The third kappa shape index (κ3) is 6.99. The molecule has 1 aromatic rings. The maximum Gasteiger partial charge on any atom is 0.265 e. The molecule has 3 nitrogen and oxygen atoms in total. The summed E-state index contributed by atoms with van der Waals surface area (Å²) in [4.78, 5) is 17.0. The third-order valence-electron chi connectivity index (χ3n) is 2.77. The fourth-order valence-electron chi connectivity index (χ4n) is 1.84. The Morgan fingerprint density at radius 3 is 2.32 bits per heavy atom. The summed E-state index contributed by atoms with van der Waals surface area (Å²) < 4.78 is 1.45. The van der Waals surface area contributed by atoms with E-state index in [9.17, 15) is 4.79 Å². The zero-order valence-corrected chi connectivity index (χ0v) is 16.9. The van der Waals surface area contributed by atoms with Gasteiger partial charge in [0.15, 0.2) is 0 Å². The lowest BCUT2D eigenvalue weighted by Crippen LogP contribution is -2.47. The normalized spacial score (nSPS) is 12.0. The monoisotopic (exact) mass is 360 g/mol. The lowest BCUT2D eigenvalue weighted by atomic mass is 10.3. The van der Waals surface area contributed by atoms with Gasteiger partial charge in [0.2, 0.25) is 0 Å². The molecule has 136 valence electrons. The smallest absolute Gasteiger partial charge is 0.265 e. The van der Waals surface area contributed by atoms with E-state index in [-0.39, 0.29) is 11.4 Å². The Bertz CT molecular complexity index is 806. The van der Waals surface area contributed by atoms with Crippen molar-refractivity contribution in [2.75, 3.05) is 0 Å². The van der Waals surface area contributed by atoms with Crippen LogP contribution >= 0.6 is 11.6 Å². The van der Waals surface area contributed by atoms with Gasteiger partial charge < -0.3 is 0 Å². The minimum Gasteiger partial charge on any atom is -0.268 e. The number of aromatic nitrogens is 2. The second-order valence-electron chi connectivity index (χ2n) is 4.02. The fourth-order valence-corrected chi connectivity index (χ4v) is 2.02. The third-order valence-corrected chi connectivity index (χ3v) is 3.01. The number of nitrogens with zero attached hydrogens (tertiary/aromatic N) is 2. The van der Waals surface area contributed by atoms with E-state index >= 15 is 0 Å². The molecule has 0 unspecified atom stereocenters. The molecule has 25 heavy (non-hydrogen) atoms. The number of halogens is 1. The first-order valence-electron chi connectivity index (χ1n) is 8.40. The summed E-state index contributed by atoms with van der Waals surface area (Å²) in [5.74, 6) is 2.90. The zero-order chi connectivity index (χ0) is 19.8. The van der Waals surface area contributed by atoms with E-state index in [4.69, 9.17) is 18.0 Å². The predicted octanol–water partition coefficient (Wildman–Crippen LogP) is 3.85. The predicted molar refractivity (Wildman–Crippen MR) is 113 cm³/mol. The zero-order valence-electron chi connectivity index (χ0n) is 16.1. The van der Waals surface area contributed by atoms with Gasteiger partial charge >= 0.3 is 0 Å². The van der Waals surface area contributed by atoms with Crippen LogP contribution in [0.3, 0.4) is 0 Å². The molecule has 0 aliphatic heterocycles. The molecule has 4 heteroatoms. The van der Waals surface area contributed by atoms with E-state index in [0.717, 1.165) is 0 Å². The second-order valence-corrected chi connectivity index (χ2v) is 4.29. The molecule has 0 N–H and O–H groups in total. The van der Waals surface area contributed by atoms with Gasteiger partial charge in [0.05, 0.1) is 16.4 Å². The maximum absolute atomic E-state index is 12.7. The van der Waals surface area contributed by atoms with Crippen LogP contribution in [0, 0.1) is 12.3 Å². The van der Waals surface area contributed by atoms with E-state index in [1.54, 1.807) is 25.2 Å². The van der Waals surface area contributed by atoms with Gasteiger partial charge in [0.25, 0.3) is 5.56 Å². The van der Waals surface area contributed by atoms with Gasteiger partial charge in [-0.3, -0.25) is 9.36 Å². The number of hydrogen-bond acceptors (Lipinski definition) is 2. The van der Waals surface area contributed by atoms with Crippen LogP contribution in [-0.2, 0) is 5.88 Å². The molecule has 0 aliphatic rings. The minimum absolute atomic E-state index is 0.0890. The van der Waals surface area contributed by atoms with Gasteiger partial charge in [-0.15, -0.1) is 18.0 Å². The van der Waals surface area contributed by atoms with Crippen LogP contribution in [0.4, 0.5) is 0 Å². The Morgan fingerprint density at radius 2 is 1.92 bits per heavy atom. The van der Waals surface area contributed by atoms with E-state index in [1.165, 1.54) is 10.6 Å². The first-order valence-corrected chi connectivity index (χ1v) is 8.94. The van der Waals surface area contributed by atoms with Gasteiger partial charge in [-0.25, -0.2) is 4.98 Å². The summed E-state index contributed by atoms with van der Waals surface area (Å²) in [7, 11) is 0. The lowest BCUT2D eigenvalue weighted by Gasteiger charge is -2.11. The Morgan fingerprint density at radius 1 is 1.32 bits per heavy atom. The minimum atomic E-state index is -0.222. The lowest BCUT2D eigenvalue weighted by molar-refractivity contribution is 0.852. The summed E-state index contributed by atoms with van der Waals surface area (Å²) in [6.07, 6.45) is 15.5. The first-order chi connectivity index (χ1) is 12.1. The van der Waals surface area contributed by atoms with Gasteiger partial charge in [-0.1, -0.05) is 58.4 Å². The number of terminal acetylenes is 1. The second kappa shape index (κ2) is 15.2. The average molecular weight is 361 g/mol. The summed E-state index contributed by atoms with van der Waals surface area (Å²) in [5, 5.41) is 0.890. The van der Waals surface area contributed by atoms with Crippen LogP contribution in [0.25, 0.3) is 17.8 Å². The Balaban J connectivity index is 0. The van der Waals surface area contributed by atoms with Crippen LogP contribution in [-0.4, -0.2) is 9.55 Å². The van der Waals surface area contributed by atoms with Gasteiger partial charge in [-0.2, -0.15) is 0 Å². The molecule has 0 aliphatic carbocycles. The van der Waals surface area contributed by atoms with Crippen molar-refractivity contribution in [3.05, 3.63) is 57.6 Å². The van der Waals surface area contributed by atoms with E-state index in [1.807, 2.05) is 46.8 Å². The van der Waals surface area contributed by atoms with E-state index in [0.29, 0.717) is 22.1 Å². The fraction of sp³-hybridized carbons (Fsp3) is 0.333. The Labute approximate surface area is 156 Å². The standard InChI is InChI=1S/C17H17ClN2O.2C2H6/c1-5-9-11-13(7-3)20-16(12-18)19-15(10-6-2)14(8-4)17(20)21;2*1-2/h2,5,7-11H,3,12H2,1,4H3;2*1-2H3/b9-5-,13-11+,14-8+,15-10+;;. The highest BCUT2D eigenvalue weighted by Gasteiger charge is 2.09. The first kappa shape index (κ1) is 24.9. The van der Waals surface area contributed by atoms with Crippen molar-refractivity contribution < 1.29 is 0 Å². The molecule has 0 fully saturated rings. The molecule has 0 aromatic carbocycles. The molecule has 0 bridgehead atoms. The molecular weight excluding hydrogens is 332 g/mol. The van der Waals surface area contributed by atoms with Crippen molar-refractivity contribution in [3.63, 3.8) is 0 Å². The number of rotatable bonds is 4. The number of allylic oxidation sites excluding steroid dienone is 5. The molecular formula is C21H29ClN2O. The van der Waals surface area contributed by atoms with Gasteiger partial charge in [0.1, 0.15) is 5.82 Å². The highest BCUT2D eigenvalue weighted by molar-refractivity contribution is 6.16. The van der Waals surface area contributed by atoms with Crippen LogP contribution in [0.1, 0.15) is 47.4 Å². The molecule has 0 atom stereocenters. The van der Waals surface area contributed by atoms with E-state index in [2.05, 4.69) is 17.5 Å². The number of alkyl halides is 1. The summed E-state index contributed by atoms with van der Waals surface area (Å²) >= 11 is 5.93. The van der Waals surface area contributed by atoms with Crippen molar-refractivity contribution in [1.29, 1.82) is 0 Å². The van der Waals surface area contributed by atoms with Crippen LogP contribution in [0.15, 0.2) is 35.7 Å². The molecule has 0 spiro atoms. The van der Waals surface area contributed by atoms with Crippen molar-refractivity contribution in [2.45, 2.75) is 47.4 Å². The Kier molecular flexibility index (Phi) is 15.2. The molecule has 0 saturated heterocycles. The van der Waals surface area contributed by atoms with E-state index < -0.39 is 0 Å². The summed E-state index contributed by atoms with van der Waals surface area (Å²) in [6, 6.07) is 0. The highest BCUT2D eigenvalue weighted by atomic mass is 35.5. The summed E-state index contributed by atoms with van der Waals surface area (Å²) in [6.45, 7) is 15.4. The quantitative estimate of drug-likeness (QED) is 0.464. The van der Waals surface area contributed by atoms with Gasteiger partial charge in [-0.05, 0) is 26.0 Å². The highest BCUT2D eigenvalue weighted by Crippen LogP contribution is 2.06. The largest absolute Gasteiger partial charge is 0.268 e. The molecule has 0 radical (unpaired) electrons. The van der Waals surface area contributed by atoms with Crippen LogP contribution < -0.4 is 16.1 Å². The molecule has 0 saturated carbocycles. The molecule has 1 rings (SSSR count). The van der Waals surface area contributed by atoms with Crippen molar-refractivity contribution in [2.24, 2.45) is 0 Å². The topological polar surface area (TPSA) is 34.9 Å². The molecule has 1 heterocycles. The molecule has 1 aromatic heterocycles. The summed E-state index contributed by atoms with van der Waals surface area (Å²) in [5.41, 5.74) is 0.386. The number of hydrogen-bond donors (Lipinski definition) is 0. The van der Waals surface area contributed by atoms with Crippen molar-refractivity contribution >= 4 is 29.5 Å². The maximum atomic E-state index is 12.7. The SMILES string of the molecule is C#C/C=c1/nc(CCl)n(/C(C=C)=C/C=C\C)c(=O)/c1=C/C.CC.CC. The average Bonchev–Trinajstić information content (AvgIpc) is 2.67. The molecule has 0 amide bonds. The van der Waals surface area contributed by atoms with Gasteiger partial charge in [0, 0.05) is 11.8 Å². The van der Waals surface area contributed by atoms with Crippen molar-refractivity contribution in [3.8, 4) is 12.3 Å². The Hall–Kier alpha value is -2.31.